The van der Waals surface area contributed by atoms with E-state index in [1.807, 2.05) is 24.3 Å². The highest BCUT2D eigenvalue weighted by molar-refractivity contribution is 5.72. The maximum absolute atomic E-state index is 4.90. The van der Waals surface area contributed by atoms with E-state index < -0.39 is 0 Å². The molecule has 0 atom stereocenters. The predicted octanol–water partition coefficient (Wildman–Crippen LogP) is 2.33. The van der Waals surface area contributed by atoms with Crippen molar-refractivity contribution in [2.24, 2.45) is 0 Å². The van der Waals surface area contributed by atoms with Crippen LogP contribution in [0.3, 0.4) is 0 Å². The van der Waals surface area contributed by atoms with Gasteiger partial charge in [0.05, 0.1) is 18.7 Å². The van der Waals surface area contributed by atoms with Gasteiger partial charge in [0.2, 0.25) is 0 Å². The summed E-state index contributed by atoms with van der Waals surface area (Å²) in [7, 11) is 0. The molecule has 16 heavy (non-hydrogen) atoms. The molecule has 0 fully saturated rings. The number of H-pyrrole nitrogens is 1. The van der Waals surface area contributed by atoms with Gasteiger partial charge in [-0.25, -0.2) is 0 Å². The molecule has 0 aliphatic heterocycles. The minimum Gasteiger partial charge on any atom is -0.373 e. The van der Waals surface area contributed by atoms with Crippen molar-refractivity contribution in [2.45, 2.75) is 0 Å². The zero-order valence-corrected chi connectivity index (χ0v) is 9.10. The Balaban J connectivity index is 0.000000168. The van der Waals surface area contributed by atoms with Crippen molar-refractivity contribution in [1.82, 2.24) is 15.4 Å². The topological polar surface area (TPSA) is 50.8 Å². The predicted molar refractivity (Wildman–Crippen MR) is 65.1 cm³/mol. The molecule has 2 rings (SSSR count). The number of hydrogen-bond acceptors (Lipinski definition) is 3. The molecule has 1 aromatic heterocycles. The Labute approximate surface area is 94.6 Å². The largest absolute Gasteiger partial charge is 0.373 e. The molecule has 2 aromatic rings. The van der Waals surface area contributed by atoms with Crippen LogP contribution in [0.4, 0.5) is 0 Å². The van der Waals surface area contributed by atoms with Gasteiger partial charge in [-0.1, -0.05) is 29.5 Å². The molecule has 0 unspecified atom stereocenters. The molecule has 4 nitrogen and oxygen atoms in total. The lowest BCUT2D eigenvalue weighted by Gasteiger charge is -1.89. The number of nitrogens with one attached hydrogen (secondary N) is 1. The third kappa shape index (κ3) is 4.06. The van der Waals surface area contributed by atoms with Gasteiger partial charge in [0.1, 0.15) is 5.52 Å². The zero-order valence-electron chi connectivity index (χ0n) is 9.10. The third-order valence-corrected chi connectivity index (χ3v) is 1.70. The van der Waals surface area contributed by atoms with Gasteiger partial charge in [0.15, 0.2) is 0 Å². The van der Waals surface area contributed by atoms with Crippen molar-refractivity contribution >= 4 is 11.0 Å². The summed E-state index contributed by atoms with van der Waals surface area (Å²) in [6.45, 7) is 8.18. The van der Waals surface area contributed by atoms with Crippen molar-refractivity contribution in [3.05, 3.63) is 49.6 Å². The van der Waals surface area contributed by atoms with E-state index >= 15 is 0 Å². The van der Waals surface area contributed by atoms with E-state index in [2.05, 4.69) is 28.6 Å². The summed E-state index contributed by atoms with van der Waals surface area (Å²) in [5, 5.41) is 10.2. The van der Waals surface area contributed by atoms with Crippen LogP contribution in [0.15, 0.2) is 49.6 Å². The molecule has 4 heteroatoms. The quantitative estimate of drug-likeness (QED) is 0.631. The molecule has 1 aromatic carbocycles. The molecule has 1 heterocycles. The van der Waals surface area contributed by atoms with Crippen molar-refractivity contribution in [3.8, 4) is 0 Å². The SMILES string of the molecule is C=CCOCC=C.c1ccc2[nH]nnc2c1. The average molecular weight is 217 g/mol. The van der Waals surface area contributed by atoms with Crippen LogP contribution in [0.5, 0.6) is 0 Å². The summed E-state index contributed by atoms with van der Waals surface area (Å²) >= 11 is 0. The van der Waals surface area contributed by atoms with Crippen LogP contribution in [0.2, 0.25) is 0 Å². The van der Waals surface area contributed by atoms with E-state index in [4.69, 9.17) is 4.74 Å². The number of para-hydroxylation sites is 1. The Morgan fingerprint density at radius 1 is 1.19 bits per heavy atom. The van der Waals surface area contributed by atoms with Gasteiger partial charge in [-0.15, -0.1) is 18.3 Å². The highest BCUT2D eigenvalue weighted by atomic mass is 16.5. The maximum Gasteiger partial charge on any atom is 0.112 e. The fourth-order valence-electron chi connectivity index (χ4n) is 1.02. The number of rotatable bonds is 4. The average Bonchev–Trinajstić information content (AvgIpc) is 2.78. The lowest BCUT2D eigenvalue weighted by molar-refractivity contribution is 0.194. The molecule has 0 aliphatic carbocycles. The van der Waals surface area contributed by atoms with Crippen LogP contribution in [0.25, 0.3) is 11.0 Å². The number of benzene rings is 1. The van der Waals surface area contributed by atoms with Crippen molar-refractivity contribution in [2.75, 3.05) is 13.2 Å². The van der Waals surface area contributed by atoms with Crippen LogP contribution < -0.4 is 0 Å². The smallest absolute Gasteiger partial charge is 0.112 e. The first kappa shape index (κ1) is 12.1. The summed E-state index contributed by atoms with van der Waals surface area (Å²) < 4.78 is 4.90. The van der Waals surface area contributed by atoms with Crippen LogP contribution in [0.1, 0.15) is 0 Å². The van der Waals surface area contributed by atoms with E-state index in [1.54, 1.807) is 12.2 Å². The molecule has 0 saturated heterocycles. The van der Waals surface area contributed by atoms with Gasteiger partial charge in [0.25, 0.3) is 0 Å². The zero-order chi connectivity index (χ0) is 11.6. The van der Waals surface area contributed by atoms with Crippen LogP contribution in [-0.4, -0.2) is 28.6 Å². The molecule has 0 amide bonds. The standard InChI is InChI=1S/C6H5N3.C6H10O/c1-2-4-6-5(3-1)7-9-8-6;1-3-5-7-6-4-2/h1-4H,(H,7,8,9);3-4H,1-2,5-6H2. The van der Waals surface area contributed by atoms with Gasteiger partial charge >= 0.3 is 0 Å². The summed E-state index contributed by atoms with van der Waals surface area (Å²) in [4.78, 5) is 0. The van der Waals surface area contributed by atoms with E-state index in [1.165, 1.54) is 0 Å². The lowest BCUT2D eigenvalue weighted by Crippen LogP contribution is -1.87. The van der Waals surface area contributed by atoms with Crippen LogP contribution >= 0.6 is 0 Å². The van der Waals surface area contributed by atoms with Gasteiger partial charge < -0.3 is 4.74 Å². The summed E-state index contributed by atoms with van der Waals surface area (Å²) in [5.41, 5.74) is 1.90. The van der Waals surface area contributed by atoms with E-state index in [-0.39, 0.29) is 0 Å². The van der Waals surface area contributed by atoms with E-state index in [0.717, 1.165) is 11.0 Å². The Bertz CT molecular complexity index is 398. The van der Waals surface area contributed by atoms with Gasteiger partial charge in [0, 0.05) is 0 Å². The fourth-order valence-corrected chi connectivity index (χ4v) is 1.02. The Morgan fingerprint density at radius 3 is 2.50 bits per heavy atom. The summed E-state index contributed by atoms with van der Waals surface area (Å²) in [5.74, 6) is 0. The lowest BCUT2D eigenvalue weighted by atomic mass is 10.3. The fraction of sp³-hybridized carbons (Fsp3) is 0.167. The van der Waals surface area contributed by atoms with Crippen molar-refractivity contribution < 1.29 is 4.74 Å². The minimum atomic E-state index is 0.617. The van der Waals surface area contributed by atoms with Crippen LogP contribution in [-0.2, 0) is 4.74 Å². The molecule has 0 saturated carbocycles. The van der Waals surface area contributed by atoms with Gasteiger partial charge in [-0.2, -0.15) is 0 Å². The van der Waals surface area contributed by atoms with Gasteiger partial charge in [-0.05, 0) is 12.1 Å². The summed E-state index contributed by atoms with van der Waals surface area (Å²) in [6, 6.07) is 7.74. The summed E-state index contributed by atoms with van der Waals surface area (Å²) in [6.07, 6.45) is 3.42. The number of nitrogens with zero attached hydrogens (tertiary/aromatic N) is 2. The molecule has 1 N–H and O–H groups in total. The number of ether oxygens (including phenoxy) is 1. The monoisotopic (exact) mass is 217 g/mol. The third-order valence-electron chi connectivity index (χ3n) is 1.70. The molecule has 84 valence electrons. The Morgan fingerprint density at radius 2 is 1.88 bits per heavy atom. The number of hydrogen-bond donors (Lipinski definition) is 1. The maximum atomic E-state index is 4.90. The first-order valence-electron chi connectivity index (χ1n) is 4.93. The number of aromatic amines is 1. The first-order valence-corrected chi connectivity index (χ1v) is 4.93. The second-order valence-electron chi connectivity index (χ2n) is 2.94. The minimum absolute atomic E-state index is 0.617. The molecule has 0 radical (unpaired) electrons. The molecular weight excluding hydrogens is 202 g/mol. The highest BCUT2D eigenvalue weighted by Crippen LogP contribution is 2.03. The van der Waals surface area contributed by atoms with Crippen molar-refractivity contribution in [3.63, 3.8) is 0 Å². The molecular formula is C12H15N3O. The van der Waals surface area contributed by atoms with Crippen molar-refractivity contribution in [1.29, 1.82) is 0 Å². The molecule has 0 aliphatic rings. The van der Waals surface area contributed by atoms with E-state index in [9.17, 15) is 0 Å². The highest BCUT2D eigenvalue weighted by Gasteiger charge is 1.90. The number of fused-ring (bicyclic) bond motifs is 1. The molecule has 0 spiro atoms. The second-order valence-corrected chi connectivity index (χ2v) is 2.94. The normalized spacial score (nSPS) is 9.25. The van der Waals surface area contributed by atoms with Crippen LogP contribution in [0, 0.1) is 0 Å². The number of aromatic nitrogens is 3. The van der Waals surface area contributed by atoms with E-state index in [0.29, 0.717) is 13.2 Å². The Kier molecular flexibility index (Phi) is 5.58. The molecule has 0 bridgehead atoms. The Hall–Kier alpha value is -1.94. The first-order chi connectivity index (χ1) is 7.88. The van der Waals surface area contributed by atoms with Gasteiger partial charge in [-0.3, -0.25) is 5.10 Å². The second kappa shape index (κ2) is 7.36.